The Labute approximate surface area is 128 Å². The second-order valence-corrected chi connectivity index (χ2v) is 6.10. The summed E-state index contributed by atoms with van der Waals surface area (Å²) in [4.78, 5) is 4.37. The highest BCUT2D eigenvalue weighted by molar-refractivity contribution is 7.98. The highest BCUT2D eigenvalue weighted by atomic mass is 32.2. The van der Waals surface area contributed by atoms with Crippen molar-refractivity contribution in [2.45, 2.75) is 56.0 Å². The molecule has 0 bridgehead atoms. The average Bonchev–Trinajstić information content (AvgIpc) is 3.10. The number of thioether (sulfide) groups is 1. The molecule has 0 saturated heterocycles. The van der Waals surface area contributed by atoms with Crippen LogP contribution in [0, 0.1) is 0 Å². The third-order valence-corrected chi connectivity index (χ3v) is 4.26. The first-order valence-electron chi connectivity index (χ1n) is 7.30. The first-order valence-corrected chi connectivity index (χ1v) is 8.28. The van der Waals surface area contributed by atoms with Crippen molar-refractivity contribution in [1.29, 1.82) is 0 Å². The van der Waals surface area contributed by atoms with Gasteiger partial charge < -0.3 is 9.09 Å². The highest BCUT2D eigenvalue weighted by Crippen LogP contribution is 2.40. The van der Waals surface area contributed by atoms with Crippen LogP contribution < -0.4 is 0 Å². The predicted octanol–water partition coefficient (Wildman–Crippen LogP) is 2.97. The van der Waals surface area contributed by atoms with Gasteiger partial charge in [0.05, 0.1) is 5.75 Å². The van der Waals surface area contributed by atoms with Crippen molar-refractivity contribution in [3.63, 3.8) is 0 Å². The van der Waals surface area contributed by atoms with Crippen molar-refractivity contribution in [3.8, 4) is 0 Å². The summed E-state index contributed by atoms with van der Waals surface area (Å²) in [5.41, 5.74) is 0. The van der Waals surface area contributed by atoms with E-state index in [1.54, 1.807) is 11.8 Å². The smallest absolute Gasteiger partial charge is 0.237 e. The summed E-state index contributed by atoms with van der Waals surface area (Å²) in [5.74, 6) is 3.70. The van der Waals surface area contributed by atoms with Gasteiger partial charge >= 0.3 is 0 Å². The minimum absolute atomic E-state index is 0.575. The fourth-order valence-electron chi connectivity index (χ4n) is 2.15. The third kappa shape index (κ3) is 3.34. The van der Waals surface area contributed by atoms with E-state index in [1.807, 2.05) is 6.08 Å². The summed E-state index contributed by atoms with van der Waals surface area (Å²) in [6.45, 7) is 6.65. The molecule has 3 rings (SSSR count). The predicted molar refractivity (Wildman–Crippen MR) is 80.0 cm³/mol. The molecule has 0 unspecified atom stereocenters. The fraction of sp³-hybridized carbons (Fsp3) is 0.571. The molecule has 21 heavy (non-hydrogen) atoms. The highest BCUT2D eigenvalue weighted by Gasteiger charge is 2.30. The molecule has 1 aliphatic rings. The van der Waals surface area contributed by atoms with E-state index < -0.39 is 0 Å². The Hall–Kier alpha value is -1.63. The molecule has 6 nitrogen and oxygen atoms in total. The monoisotopic (exact) mass is 305 g/mol. The van der Waals surface area contributed by atoms with Gasteiger partial charge in [0.2, 0.25) is 5.89 Å². The molecule has 2 heterocycles. The van der Waals surface area contributed by atoms with E-state index in [9.17, 15) is 0 Å². The van der Waals surface area contributed by atoms with Gasteiger partial charge in [-0.05, 0) is 19.3 Å². The molecule has 2 aromatic rings. The molecule has 0 radical (unpaired) electrons. The van der Waals surface area contributed by atoms with E-state index in [1.165, 1.54) is 12.8 Å². The summed E-state index contributed by atoms with van der Waals surface area (Å²) in [6, 6.07) is 0. The van der Waals surface area contributed by atoms with Gasteiger partial charge in [-0.15, -0.1) is 16.8 Å². The molecule has 1 fully saturated rings. The number of allylic oxidation sites excluding steroid dienone is 1. The van der Waals surface area contributed by atoms with Crippen LogP contribution in [0.1, 0.15) is 49.6 Å². The largest absolute Gasteiger partial charge is 0.338 e. The molecule has 1 saturated carbocycles. The molecule has 0 aliphatic heterocycles. The summed E-state index contributed by atoms with van der Waals surface area (Å²) in [7, 11) is 0. The second kappa shape index (κ2) is 6.43. The van der Waals surface area contributed by atoms with Gasteiger partial charge in [0.1, 0.15) is 5.82 Å². The average molecular weight is 305 g/mol. The Morgan fingerprint density at radius 1 is 1.43 bits per heavy atom. The van der Waals surface area contributed by atoms with E-state index in [0.29, 0.717) is 17.6 Å². The number of aromatic nitrogens is 5. The van der Waals surface area contributed by atoms with E-state index in [0.717, 1.165) is 36.2 Å². The van der Waals surface area contributed by atoms with E-state index >= 15 is 0 Å². The van der Waals surface area contributed by atoms with Crippen LogP contribution in [0.4, 0.5) is 0 Å². The van der Waals surface area contributed by atoms with Gasteiger partial charge in [-0.3, -0.25) is 0 Å². The van der Waals surface area contributed by atoms with Gasteiger partial charge in [0.25, 0.3) is 0 Å². The lowest BCUT2D eigenvalue weighted by Gasteiger charge is -2.05. The van der Waals surface area contributed by atoms with Crippen molar-refractivity contribution in [2.75, 3.05) is 0 Å². The summed E-state index contributed by atoms with van der Waals surface area (Å²) in [6.07, 6.45) is 6.18. The Bertz CT molecular complexity index is 617. The standard InChI is InChI=1S/C14H19N5OS/c1-3-5-11-15-12(20-18-11)9-21-14-17-16-13(10-6-7-10)19(14)8-4-2/h4,10H,2-3,5-9H2,1H3. The van der Waals surface area contributed by atoms with Crippen molar-refractivity contribution in [3.05, 3.63) is 30.2 Å². The van der Waals surface area contributed by atoms with Crippen LogP contribution in [0.5, 0.6) is 0 Å². The van der Waals surface area contributed by atoms with Gasteiger partial charge in [0.15, 0.2) is 11.0 Å². The minimum atomic E-state index is 0.575. The molecule has 7 heteroatoms. The molecule has 0 N–H and O–H groups in total. The molecule has 2 aromatic heterocycles. The third-order valence-electron chi connectivity index (χ3n) is 3.31. The first kappa shape index (κ1) is 14.3. The van der Waals surface area contributed by atoms with E-state index in [4.69, 9.17) is 4.52 Å². The maximum Gasteiger partial charge on any atom is 0.237 e. The molecular weight excluding hydrogens is 286 g/mol. The number of nitrogens with zero attached hydrogens (tertiary/aromatic N) is 5. The van der Waals surface area contributed by atoms with E-state index in [2.05, 4.69) is 38.4 Å². The summed E-state index contributed by atoms with van der Waals surface area (Å²) >= 11 is 1.58. The molecule has 0 spiro atoms. The molecule has 0 amide bonds. The van der Waals surface area contributed by atoms with Crippen molar-refractivity contribution >= 4 is 11.8 Å². The summed E-state index contributed by atoms with van der Waals surface area (Å²) < 4.78 is 7.38. The lowest BCUT2D eigenvalue weighted by atomic mass is 10.3. The Kier molecular flexibility index (Phi) is 4.38. The fourth-order valence-corrected chi connectivity index (χ4v) is 2.94. The van der Waals surface area contributed by atoms with Crippen LogP contribution in [0.2, 0.25) is 0 Å². The zero-order valence-electron chi connectivity index (χ0n) is 12.2. The number of aryl methyl sites for hydroxylation is 1. The normalized spacial score (nSPS) is 14.5. The number of rotatable bonds is 8. The van der Waals surface area contributed by atoms with Crippen LogP contribution in [0.15, 0.2) is 22.3 Å². The SMILES string of the molecule is C=CCn1c(SCc2nc(CCC)no2)nnc1C1CC1. The number of hydrogen-bond acceptors (Lipinski definition) is 6. The van der Waals surface area contributed by atoms with E-state index in [-0.39, 0.29) is 0 Å². The zero-order chi connectivity index (χ0) is 14.7. The molecular formula is C14H19N5OS. The van der Waals surface area contributed by atoms with Gasteiger partial charge in [-0.2, -0.15) is 4.98 Å². The van der Waals surface area contributed by atoms with Crippen molar-refractivity contribution in [2.24, 2.45) is 0 Å². The minimum Gasteiger partial charge on any atom is -0.338 e. The van der Waals surface area contributed by atoms with Gasteiger partial charge in [-0.1, -0.05) is 29.9 Å². The Morgan fingerprint density at radius 3 is 3.00 bits per heavy atom. The lowest BCUT2D eigenvalue weighted by molar-refractivity contribution is 0.384. The summed E-state index contributed by atoms with van der Waals surface area (Å²) in [5, 5.41) is 13.5. The quantitative estimate of drug-likeness (QED) is 0.551. The van der Waals surface area contributed by atoms with Crippen LogP contribution in [0.25, 0.3) is 0 Å². The van der Waals surface area contributed by atoms with Crippen LogP contribution >= 0.6 is 11.8 Å². The van der Waals surface area contributed by atoms with Crippen LogP contribution in [0.3, 0.4) is 0 Å². The van der Waals surface area contributed by atoms with Gasteiger partial charge in [-0.25, -0.2) is 0 Å². The molecule has 0 atom stereocenters. The second-order valence-electron chi connectivity index (χ2n) is 5.16. The number of hydrogen-bond donors (Lipinski definition) is 0. The molecule has 0 aromatic carbocycles. The molecule has 1 aliphatic carbocycles. The van der Waals surface area contributed by atoms with Crippen LogP contribution in [-0.2, 0) is 18.7 Å². The van der Waals surface area contributed by atoms with Gasteiger partial charge in [0, 0.05) is 18.9 Å². The first-order chi connectivity index (χ1) is 10.3. The van der Waals surface area contributed by atoms with Crippen molar-refractivity contribution < 1.29 is 4.52 Å². The Balaban J connectivity index is 1.67. The topological polar surface area (TPSA) is 69.6 Å². The maximum atomic E-state index is 5.25. The molecule has 112 valence electrons. The lowest BCUT2D eigenvalue weighted by Crippen LogP contribution is -2.02. The maximum absolute atomic E-state index is 5.25. The van der Waals surface area contributed by atoms with Crippen LogP contribution in [-0.4, -0.2) is 24.9 Å². The zero-order valence-corrected chi connectivity index (χ0v) is 13.0. The Morgan fingerprint density at radius 2 is 2.29 bits per heavy atom. The van der Waals surface area contributed by atoms with Crippen molar-refractivity contribution in [1.82, 2.24) is 24.9 Å².